The van der Waals surface area contributed by atoms with Crippen molar-refractivity contribution in [2.75, 3.05) is 13.2 Å². The Hall–Kier alpha value is -0.680. The summed E-state index contributed by atoms with van der Waals surface area (Å²) < 4.78 is 0. The Bertz CT molecular complexity index is 252. The summed E-state index contributed by atoms with van der Waals surface area (Å²) in [6, 6.07) is 0.0262. The van der Waals surface area contributed by atoms with E-state index in [4.69, 9.17) is 23.1 Å². The number of rotatable bonds is 5. The van der Waals surface area contributed by atoms with Crippen molar-refractivity contribution in [3.05, 3.63) is 0 Å². The predicted molar refractivity (Wildman–Crippen MR) is 64.5 cm³/mol. The maximum Gasteiger partial charge on any atom is 0.235 e. The molecule has 0 saturated carbocycles. The van der Waals surface area contributed by atoms with Crippen LogP contribution in [0.3, 0.4) is 0 Å². The molecular weight excluding hydrogens is 212 g/mol. The van der Waals surface area contributed by atoms with Gasteiger partial charge in [-0.25, -0.2) is 0 Å². The summed E-state index contributed by atoms with van der Waals surface area (Å²) in [6.45, 7) is 7.43. The molecule has 5 heteroatoms. The van der Waals surface area contributed by atoms with Gasteiger partial charge < -0.3 is 15.7 Å². The Balaban J connectivity index is 4.85. The molecule has 0 aromatic rings. The molecule has 0 aromatic heterocycles. The van der Waals surface area contributed by atoms with E-state index in [9.17, 15) is 4.79 Å². The van der Waals surface area contributed by atoms with Crippen molar-refractivity contribution in [2.24, 2.45) is 11.1 Å². The molecule has 0 saturated heterocycles. The van der Waals surface area contributed by atoms with Gasteiger partial charge in [-0.2, -0.15) is 0 Å². The molecule has 88 valence electrons. The van der Waals surface area contributed by atoms with Crippen molar-refractivity contribution in [2.45, 2.75) is 33.7 Å². The van der Waals surface area contributed by atoms with Gasteiger partial charge in [0.15, 0.2) is 0 Å². The zero-order chi connectivity index (χ0) is 12.2. The Morgan fingerprint density at radius 2 is 2.00 bits per heavy atom. The number of nitrogens with two attached hydrogens (primary N) is 1. The fourth-order valence-corrected chi connectivity index (χ4v) is 1.25. The minimum atomic E-state index is -0.852. The molecule has 1 amide bonds. The zero-order valence-corrected chi connectivity index (χ0v) is 10.6. The van der Waals surface area contributed by atoms with Gasteiger partial charge in [0.25, 0.3) is 0 Å². The van der Waals surface area contributed by atoms with E-state index in [-0.39, 0.29) is 23.5 Å². The Morgan fingerprint density at radius 3 is 2.27 bits per heavy atom. The second-order valence-electron chi connectivity index (χ2n) is 4.31. The van der Waals surface area contributed by atoms with Crippen LogP contribution < -0.4 is 5.73 Å². The number of nitrogens with zero attached hydrogens (tertiary/aromatic N) is 1. The van der Waals surface area contributed by atoms with Crippen LogP contribution in [-0.4, -0.2) is 40.1 Å². The molecule has 0 heterocycles. The van der Waals surface area contributed by atoms with Crippen LogP contribution in [0.15, 0.2) is 0 Å². The first-order chi connectivity index (χ1) is 6.75. The maximum absolute atomic E-state index is 12.1. The molecule has 0 aliphatic rings. The third-order valence-electron chi connectivity index (χ3n) is 2.38. The lowest BCUT2D eigenvalue weighted by atomic mass is 9.91. The minimum absolute atomic E-state index is 0.0262. The largest absolute Gasteiger partial charge is 0.395 e. The van der Waals surface area contributed by atoms with Gasteiger partial charge >= 0.3 is 0 Å². The first-order valence-corrected chi connectivity index (χ1v) is 5.37. The van der Waals surface area contributed by atoms with Crippen molar-refractivity contribution >= 4 is 23.1 Å². The monoisotopic (exact) mass is 232 g/mol. The fourth-order valence-electron chi connectivity index (χ4n) is 1.17. The minimum Gasteiger partial charge on any atom is -0.395 e. The molecular formula is C10H20N2O2S. The number of carbonyl (C=O) groups excluding carboxylic acids is 1. The van der Waals surface area contributed by atoms with Gasteiger partial charge in [-0.3, -0.25) is 4.79 Å². The van der Waals surface area contributed by atoms with Crippen LogP contribution >= 0.6 is 12.2 Å². The second-order valence-corrected chi connectivity index (χ2v) is 4.74. The van der Waals surface area contributed by atoms with E-state index in [0.29, 0.717) is 6.54 Å². The number of hydrogen-bond acceptors (Lipinski definition) is 3. The normalized spacial score (nSPS) is 11.6. The van der Waals surface area contributed by atoms with Crippen LogP contribution in [-0.2, 0) is 4.79 Å². The molecule has 4 nitrogen and oxygen atoms in total. The van der Waals surface area contributed by atoms with E-state index in [1.807, 2.05) is 13.8 Å². The maximum atomic E-state index is 12.1. The van der Waals surface area contributed by atoms with E-state index in [1.54, 1.807) is 18.7 Å². The van der Waals surface area contributed by atoms with Gasteiger partial charge in [0.1, 0.15) is 0 Å². The van der Waals surface area contributed by atoms with Gasteiger partial charge in [0, 0.05) is 12.6 Å². The third-order valence-corrected chi connectivity index (χ3v) is 2.89. The van der Waals surface area contributed by atoms with Gasteiger partial charge in [-0.1, -0.05) is 12.2 Å². The van der Waals surface area contributed by atoms with Crippen LogP contribution in [0.25, 0.3) is 0 Å². The van der Waals surface area contributed by atoms with Gasteiger partial charge in [-0.05, 0) is 27.7 Å². The van der Waals surface area contributed by atoms with Crippen LogP contribution in [0.1, 0.15) is 27.7 Å². The molecule has 0 aliphatic heterocycles. The van der Waals surface area contributed by atoms with E-state index in [2.05, 4.69) is 0 Å². The van der Waals surface area contributed by atoms with E-state index in [1.165, 1.54) is 0 Å². The van der Waals surface area contributed by atoms with Crippen molar-refractivity contribution in [1.82, 2.24) is 4.90 Å². The first kappa shape index (κ1) is 14.3. The average Bonchev–Trinajstić information content (AvgIpc) is 2.12. The Morgan fingerprint density at radius 1 is 1.53 bits per heavy atom. The number of carbonyl (C=O) groups is 1. The zero-order valence-electron chi connectivity index (χ0n) is 9.78. The molecule has 0 rings (SSSR count). The van der Waals surface area contributed by atoms with Crippen LogP contribution in [0, 0.1) is 5.41 Å². The molecule has 0 bridgehead atoms. The highest BCUT2D eigenvalue weighted by molar-refractivity contribution is 7.80. The second kappa shape index (κ2) is 5.42. The lowest BCUT2D eigenvalue weighted by molar-refractivity contribution is -0.139. The summed E-state index contributed by atoms with van der Waals surface area (Å²) in [5.74, 6) is -0.140. The number of thiocarbonyl (C=S) groups is 1. The fraction of sp³-hybridized carbons (Fsp3) is 0.800. The van der Waals surface area contributed by atoms with Gasteiger partial charge in [0.2, 0.25) is 5.91 Å². The molecule has 0 fully saturated rings. The predicted octanol–water partition coefficient (Wildman–Crippen LogP) is 0.528. The van der Waals surface area contributed by atoms with E-state index >= 15 is 0 Å². The summed E-state index contributed by atoms with van der Waals surface area (Å²) in [5, 5.41) is 8.88. The van der Waals surface area contributed by atoms with Crippen molar-refractivity contribution < 1.29 is 9.90 Å². The molecule has 0 atom stereocenters. The topological polar surface area (TPSA) is 66.6 Å². The van der Waals surface area contributed by atoms with Crippen molar-refractivity contribution in [1.29, 1.82) is 0 Å². The molecule has 0 aromatic carbocycles. The average molecular weight is 232 g/mol. The number of aliphatic hydroxyl groups excluding tert-OH is 1. The Labute approximate surface area is 96.4 Å². The summed E-state index contributed by atoms with van der Waals surface area (Å²) >= 11 is 4.87. The molecule has 0 spiro atoms. The number of hydrogen-bond donors (Lipinski definition) is 2. The van der Waals surface area contributed by atoms with E-state index in [0.717, 1.165) is 0 Å². The number of amides is 1. The molecule has 0 aliphatic carbocycles. The van der Waals surface area contributed by atoms with Crippen LogP contribution in [0.5, 0.6) is 0 Å². The number of aliphatic hydroxyl groups is 1. The van der Waals surface area contributed by atoms with Crippen molar-refractivity contribution in [3.8, 4) is 0 Å². The molecule has 15 heavy (non-hydrogen) atoms. The highest BCUT2D eigenvalue weighted by atomic mass is 32.1. The molecule has 0 unspecified atom stereocenters. The molecule has 0 radical (unpaired) electrons. The quantitative estimate of drug-likeness (QED) is 0.679. The highest BCUT2D eigenvalue weighted by Crippen LogP contribution is 2.20. The summed E-state index contributed by atoms with van der Waals surface area (Å²) in [6.07, 6.45) is 0. The molecule has 3 N–H and O–H groups in total. The highest BCUT2D eigenvalue weighted by Gasteiger charge is 2.35. The van der Waals surface area contributed by atoms with Gasteiger partial charge in [0.05, 0.1) is 17.0 Å². The SMILES string of the molecule is CC(C)N(CCO)C(=O)C(C)(C)C(N)=S. The summed E-state index contributed by atoms with van der Waals surface area (Å²) in [5.41, 5.74) is 4.67. The van der Waals surface area contributed by atoms with E-state index < -0.39 is 5.41 Å². The van der Waals surface area contributed by atoms with Crippen LogP contribution in [0.4, 0.5) is 0 Å². The Kier molecular flexibility index (Phi) is 5.17. The lowest BCUT2D eigenvalue weighted by Crippen LogP contribution is -2.50. The standard InChI is InChI=1S/C10H20N2O2S/c1-7(2)12(5-6-13)9(14)10(3,4)8(11)15/h7,13H,5-6H2,1-4H3,(H2,11,15). The summed E-state index contributed by atoms with van der Waals surface area (Å²) in [4.78, 5) is 13.8. The third kappa shape index (κ3) is 3.43. The van der Waals surface area contributed by atoms with Crippen molar-refractivity contribution in [3.63, 3.8) is 0 Å². The summed E-state index contributed by atoms with van der Waals surface area (Å²) in [7, 11) is 0. The van der Waals surface area contributed by atoms with Gasteiger partial charge in [-0.15, -0.1) is 0 Å². The lowest BCUT2D eigenvalue weighted by Gasteiger charge is -2.33. The van der Waals surface area contributed by atoms with Crippen LogP contribution in [0.2, 0.25) is 0 Å². The smallest absolute Gasteiger partial charge is 0.235 e. The first-order valence-electron chi connectivity index (χ1n) is 4.97.